The number of benzene rings is 2. The molecule has 1 aliphatic carbocycles. The second kappa shape index (κ2) is 11.8. The SMILES string of the molecule is CCc1cc(Nc2nccn3c(-c4ccc(OC(F)F)c(F)c4F)cnc23)ccc1C(=O)NCC1C2C[N+](C)(CC3CNC3)CC12. The fourth-order valence-electron chi connectivity index (χ4n) is 7.46. The van der Waals surface area contributed by atoms with Crippen molar-refractivity contribution in [3.8, 4) is 17.0 Å². The molecular formula is C33H36F4N7O2+. The van der Waals surface area contributed by atoms with Gasteiger partial charge in [-0.1, -0.05) is 6.92 Å². The number of anilines is 2. The summed E-state index contributed by atoms with van der Waals surface area (Å²) >= 11 is 0. The average molecular weight is 639 g/mol. The van der Waals surface area contributed by atoms with Crippen LogP contribution in [0.3, 0.4) is 0 Å². The molecule has 4 heterocycles. The highest BCUT2D eigenvalue weighted by Crippen LogP contribution is 2.53. The van der Waals surface area contributed by atoms with Crippen molar-refractivity contribution in [2.75, 3.05) is 51.6 Å². The Morgan fingerprint density at radius 2 is 1.91 bits per heavy atom. The van der Waals surface area contributed by atoms with Gasteiger partial charge >= 0.3 is 6.61 Å². The van der Waals surface area contributed by atoms with Gasteiger partial charge in [0, 0.05) is 66.6 Å². The summed E-state index contributed by atoms with van der Waals surface area (Å²) in [5, 5.41) is 9.77. The van der Waals surface area contributed by atoms with E-state index in [1.807, 2.05) is 13.0 Å². The van der Waals surface area contributed by atoms with Crippen LogP contribution in [0.25, 0.3) is 16.9 Å². The van der Waals surface area contributed by atoms with E-state index in [9.17, 15) is 22.4 Å². The Hall–Kier alpha value is -4.23. The molecule has 2 aromatic carbocycles. The monoisotopic (exact) mass is 638 g/mol. The number of carbonyl (C=O) groups excluding carboxylic acids is 1. The summed E-state index contributed by atoms with van der Waals surface area (Å²) in [6.07, 6.45) is 5.00. The zero-order chi connectivity index (χ0) is 32.2. The topological polar surface area (TPSA) is 92.6 Å². The van der Waals surface area contributed by atoms with Gasteiger partial charge < -0.3 is 25.2 Å². The summed E-state index contributed by atoms with van der Waals surface area (Å²) < 4.78 is 61.2. The van der Waals surface area contributed by atoms with Gasteiger partial charge in [0.05, 0.1) is 38.6 Å². The molecule has 9 nitrogen and oxygen atoms in total. The molecule has 0 radical (unpaired) electrons. The lowest BCUT2D eigenvalue weighted by Gasteiger charge is -2.39. The standard InChI is InChI=1S/C33H35F4N7O2/c1-3-19-10-20(4-5-21(19)32(45)41-13-23-24-16-44(2,17-25(23)24)15-18-11-38-12-18)42-30-31-40-14-26(43(31)9-8-39-30)22-6-7-27(46-33(36)37)29(35)28(22)34/h4-10,14,18,23-25,33,38H,3,11-13,15-17H2,1-2H3,(H-,39,41,42,45)/p+1. The largest absolute Gasteiger partial charge is 0.432 e. The minimum atomic E-state index is -3.29. The maximum Gasteiger partial charge on any atom is 0.387 e. The molecule has 2 saturated heterocycles. The van der Waals surface area contributed by atoms with E-state index in [-0.39, 0.29) is 17.2 Å². The van der Waals surface area contributed by atoms with E-state index in [1.165, 1.54) is 42.6 Å². The average Bonchev–Trinajstić information content (AvgIpc) is 3.29. The van der Waals surface area contributed by atoms with Crippen molar-refractivity contribution in [2.24, 2.45) is 23.7 Å². The zero-order valence-corrected chi connectivity index (χ0v) is 25.6. The maximum absolute atomic E-state index is 14.9. The molecule has 13 heteroatoms. The number of halogens is 4. The number of nitrogens with one attached hydrogen (secondary N) is 3. The number of nitrogens with zero attached hydrogens (tertiary/aromatic N) is 4. The van der Waals surface area contributed by atoms with Crippen LogP contribution in [0.2, 0.25) is 0 Å². The number of quaternary nitrogens is 1. The molecule has 4 aromatic rings. The van der Waals surface area contributed by atoms with E-state index in [0.717, 1.165) is 41.2 Å². The molecule has 2 atom stereocenters. The van der Waals surface area contributed by atoms with Gasteiger partial charge in [0.15, 0.2) is 23.0 Å². The Balaban J connectivity index is 1.02. The summed E-state index contributed by atoms with van der Waals surface area (Å²) in [6, 6.07) is 7.59. The van der Waals surface area contributed by atoms with E-state index in [1.54, 1.807) is 12.1 Å². The number of aryl methyl sites for hydroxylation is 1. The van der Waals surface area contributed by atoms with Crippen LogP contribution < -0.4 is 20.7 Å². The first-order chi connectivity index (χ1) is 22.1. The van der Waals surface area contributed by atoms with Gasteiger partial charge in [-0.2, -0.15) is 13.2 Å². The molecule has 0 spiro atoms. The predicted octanol–water partition coefficient (Wildman–Crippen LogP) is 4.85. The van der Waals surface area contributed by atoms with Crippen LogP contribution in [0.5, 0.6) is 5.75 Å². The molecule has 46 heavy (non-hydrogen) atoms. The van der Waals surface area contributed by atoms with Gasteiger partial charge in [0.25, 0.3) is 5.91 Å². The summed E-state index contributed by atoms with van der Waals surface area (Å²) in [6.45, 7) is 5.33. The number of likely N-dealkylation sites (tertiary alicyclic amines) is 1. The van der Waals surface area contributed by atoms with Crippen molar-refractivity contribution in [1.29, 1.82) is 0 Å². The van der Waals surface area contributed by atoms with E-state index < -0.39 is 24.0 Å². The Bertz CT molecular complexity index is 1780. The fourth-order valence-corrected chi connectivity index (χ4v) is 7.46. The van der Waals surface area contributed by atoms with Gasteiger partial charge in [-0.15, -0.1) is 0 Å². The second-order valence-corrected chi connectivity index (χ2v) is 13.0. The normalized spacial score (nSPS) is 23.8. The van der Waals surface area contributed by atoms with Gasteiger partial charge in [-0.05, 0) is 48.2 Å². The number of aromatic nitrogens is 3. The highest BCUT2D eigenvalue weighted by atomic mass is 19.3. The van der Waals surface area contributed by atoms with Crippen LogP contribution >= 0.6 is 0 Å². The maximum atomic E-state index is 14.9. The molecule has 3 fully saturated rings. The van der Waals surface area contributed by atoms with Crippen molar-refractivity contribution in [3.05, 3.63) is 71.7 Å². The van der Waals surface area contributed by atoms with Gasteiger partial charge in [-0.25, -0.2) is 14.4 Å². The number of carbonyl (C=O) groups is 1. The second-order valence-electron chi connectivity index (χ2n) is 13.0. The molecule has 3 aliphatic rings. The smallest absolute Gasteiger partial charge is 0.387 e. The highest BCUT2D eigenvalue weighted by molar-refractivity contribution is 5.96. The molecule has 7 rings (SSSR count). The van der Waals surface area contributed by atoms with Gasteiger partial charge in [0.1, 0.15) is 0 Å². The third-order valence-electron chi connectivity index (χ3n) is 9.84. The number of rotatable bonds is 11. The summed E-state index contributed by atoms with van der Waals surface area (Å²) in [4.78, 5) is 22.0. The van der Waals surface area contributed by atoms with Crippen LogP contribution in [0.4, 0.5) is 29.1 Å². The summed E-state index contributed by atoms with van der Waals surface area (Å²) in [7, 11) is 2.38. The Morgan fingerprint density at radius 1 is 1.13 bits per heavy atom. The van der Waals surface area contributed by atoms with Crippen molar-refractivity contribution >= 4 is 23.1 Å². The lowest BCUT2D eigenvalue weighted by molar-refractivity contribution is -0.906. The quantitative estimate of drug-likeness (QED) is 0.161. The van der Waals surface area contributed by atoms with Gasteiger partial charge in [-0.3, -0.25) is 9.20 Å². The fraction of sp³-hybridized carbons (Fsp3) is 0.424. The molecule has 2 unspecified atom stereocenters. The van der Waals surface area contributed by atoms with Crippen LogP contribution in [0.1, 0.15) is 22.8 Å². The first-order valence-electron chi connectivity index (χ1n) is 15.6. The number of hydrogen-bond donors (Lipinski definition) is 3. The van der Waals surface area contributed by atoms with Gasteiger partial charge in [0.2, 0.25) is 5.82 Å². The molecule has 3 N–H and O–H groups in total. The van der Waals surface area contributed by atoms with E-state index >= 15 is 0 Å². The zero-order valence-electron chi connectivity index (χ0n) is 25.6. The minimum Gasteiger partial charge on any atom is -0.432 e. The first-order valence-corrected chi connectivity index (χ1v) is 15.6. The predicted molar refractivity (Wildman–Crippen MR) is 164 cm³/mol. The molecular weight excluding hydrogens is 602 g/mol. The number of fused-ring (bicyclic) bond motifs is 2. The Kier molecular flexibility index (Phi) is 7.84. The Labute approximate surface area is 263 Å². The minimum absolute atomic E-state index is 0.0801. The van der Waals surface area contributed by atoms with E-state index in [2.05, 4.69) is 37.7 Å². The van der Waals surface area contributed by atoms with Crippen LogP contribution in [0, 0.1) is 35.3 Å². The molecule has 1 saturated carbocycles. The third-order valence-corrected chi connectivity index (χ3v) is 9.84. The van der Waals surface area contributed by atoms with Crippen LogP contribution in [0.15, 0.2) is 48.9 Å². The highest BCUT2D eigenvalue weighted by Gasteiger charge is 2.61. The van der Waals surface area contributed by atoms with Crippen molar-refractivity contribution < 1.29 is 31.6 Å². The van der Waals surface area contributed by atoms with Crippen molar-refractivity contribution in [2.45, 2.75) is 20.0 Å². The molecule has 1 amide bonds. The number of hydrogen-bond acceptors (Lipinski definition) is 6. The van der Waals surface area contributed by atoms with Crippen molar-refractivity contribution in [1.82, 2.24) is 25.0 Å². The van der Waals surface area contributed by atoms with E-state index in [0.29, 0.717) is 53.4 Å². The molecule has 2 aliphatic heterocycles. The Morgan fingerprint density at radius 3 is 2.61 bits per heavy atom. The van der Waals surface area contributed by atoms with Crippen LogP contribution in [-0.2, 0) is 6.42 Å². The molecule has 2 aromatic heterocycles. The van der Waals surface area contributed by atoms with Crippen molar-refractivity contribution in [3.63, 3.8) is 0 Å². The lowest BCUT2D eigenvalue weighted by Crippen LogP contribution is -2.55. The molecule has 242 valence electrons. The van der Waals surface area contributed by atoms with E-state index in [4.69, 9.17) is 0 Å². The number of imidazole rings is 1. The molecule has 0 bridgehead atoms. The lowest BCUT2D eigenvalue weighted by atomic mass is 10.0. The van der Waals surface area contributed by atoms with Crippen LogP contribution in [-0.4, -0.2) is 77.7 Å². The number of piperidine rings is 1. The first kappa shape index (κ1) is 30.4. The number of alkyl halides is 2. The number of ether oxygens (including phenoxy) is 1. The third kappa shape index (κ3) is 5.66. The number of amides is 1. The summed E-state index contributed by atoms with van der Waals surface area (Å²) in [5.74, 6) is -0.716. The summed E-state index contributed by atoms with van der Waals surface area (Å²) in [5.41, 5.74) is 2.53.